The topological polar surface area (TPSA) is 15.3 Å². The normalized spacial score (nSPS) is 24.6. The van der Waals surface area contributed by atoms with E-state index < -0.39 is 0 Å². The molecular weight excluding hydrogens is 191 g/mol. The number of hydrogen-bond donors (Lipinski definition) is 1. The van der Waals surface area contributed by atoms with Crippen LogP contribution in [0.25, 0.3) is 0 Å². The monoisotopic (exact) mass is 214 g/mol. The van der Waals surface area contributed by atoms with Gasteiger partial charge in [-0.15, -0.1) is 0 Å². The number of halogens is 1. The Labute approximate surface area is 92.2 Å². The lowest BCUT2D eigenvalue weighted by Crippen LogP contribution is -2.43. The second-order valence-electron chi connectivity index (χ2n) is 5.01. The predicted molar refractivity (Wildman–Crippen MR) is 60.8 cm³/mol. The van der Waals surface area contributed by atoms with E-state index in [4.69, 9.17) is 0 Å². The van der Waals surface area contributed by atoms with Crippen LogP contribution in [0.3, 0.4) is 0 Å². The molecule has 1 aliphatic heterocycles. The third kappa shape index (κ3) is 4.07. The maximum Gasteiger partial charge on any atom is 0.0906 e. The summed E-state index contributed by atoms with van der Waals surface area (Å²) in [6.45, 7) is 4.32. The molecule has 2 aliphatic rings. The molecule has 1 heterocycles. The first-order valence-corrected chi connectivity index (χ1v) is 6.40. The SMILES string of the molecule is FCCCN1CCC(NCC2CC2)CC1. The lowest BCUT2D eigenvalue weighted by molar-refractivity contribution is 0.190. The summed E-state index contributed by atoms with van der Waals surface area (Å²) >= 11 is 0. The third-order valence-electron chi connectivity index (χ3n) is 3.59. The van der Waals surface area contributed by atoms with Gasteiger partial charge >= 0.3 is 0 Å². The minimum absolute atomic E-state index is 0.167. The summed E-state index contributed by atoms with van der Waals surface area (Å²) in [4.78, 5) is 2.40. The van der Waals surface area contributed by atoms with Crippen LogP contribution in [0.4, 0.5) is 4.39 Å². The van der Waals surface area contributed by atoms with Gasteiger partial charge in [-0.25, -0.2) is 0 Å². The van der Waals surface area contributed by atoms with Crippen molar-refractivity contribution in [1.82, 2.24) is 10.2 Å². The van der Waals surface area contributed by atoms with Crippen LogP contribution in [0.1, 0.15) is 32.1 Å². The van der Waals surface area contributed by atoms with Crippen molar-refractivity contribution in [3.8, 4) is 0 Å². The fourth-order valence-corrected chi connectivity index (χ4v) is 2.30. The summed E-state index contributed by atoms with van der Waals surface area (Å²) in [7, 11) is 0. The summed E-state index contributed by atoms with van der Waals surface area (Å²) in [6.07, 6.45) is 6.07. The molecule has 0 aromatic heterocycles. The first kappa shape index (κ1) is 11.3. The van der Waals surface area contributed by atoms with E-state index in [9.17, 15) is 4.39 Å². The van der Waals surface area contributed by atoms with Crippen molar-refractivity contribution < 1.29 is 4.39 Å². The molecule has 0 bridgehead atoms. The minimum atomic E-state index is -0.167. The van der Waals surface area contributed by atoms with Crippen LogP contribution in [-0.4, -0.2) is 43.8 Å². The van der Waals surface area contributed by atoms with Crippen LogP contribution >= 0.6 is 0 Å². The maximum atomic E-state index is 12.0. The van der Waals surface area contributed by atoms with Gasteiger partial charge in [-0.3, -0.25) is 4.39 Å². The molecule has 2 fully saturated rings. The lowest BCUT2D eigenvalue weighted by atomic mass is 10.0. The van der Waals surface area contributed by atoms with Crippen molar-refractivity contribution in [3.63, 3.8) is 0 Å². The quantitative estimate of drug-likeness (QED) is 0.725. The number of likely N-dealkylation sites (tertiary alicyclic amines) is 1. The van der Waals surface area contributed by atoms with Gasteiger partial charge in [-0.05, 0) is 57.7 Å². The van der Waals surface area contributed by atoms with E-state index >= 15 is 0 Å². The van der Waals surface area contributed by atoms with Gasteiger partial charge < -0.3 is 10.2 Å². The molecule has 0 aromatic rings. The van der Waals surface area contributed by atoms with Crippen LogP contribution in [0.2, 0.25) is 0 Å². The molecule has 0 atom stereocenters. The average Bonchev–Trinajstić information content (AvgIpc) is 3.09. The smallest absolute Gasteiger partial charge is 0.0906 e. The number of rotatable bonds is 6. The largest absolute Gasteiger partial charge is 0.314 e. The zero-order valence-corrected chi connectivity index (χ0v) is 9.55. The van der Waals surface area contributed by atoms with Crippen molar-refractivity contribution >= 4 is 0 Å². The van der Waals surface area contributed by atoms with Gasteiger partial charge in [-0.1, -0.05) is 0 Å². The highest BCUT2D eigenvalue weighted by Crippen LogP contribution is 2.28. The number of piperidine rings is 1. The average molecular weight is 214 g/mol. The zero-order chi connectivity index (χ0) is 10.5. The molecule has 2 nitrogen and oxygen atoms in total. The number of nitrogens with zero attached hydrogens (tertiary/aromatic N) is 1. The van der Waals surface area contributed by atoms with Crippen molar-refractivity contribution in [2.24, 2.45) is 5.92 Å². The molecule has 0 aromatic carbocycles. The van der Waals surface area contributed by atoms with Gasteiger partial charge in [0.1, 0.15) is 0 Å². The van der Waals surface area contributed by atoms with E-state index in [1.54, 1.807) is 0 Å². The minimum Gasteiger partial charge on any atom is -0.314 e. The van der Waals surface area contributed by atoms with Gasteiger partial charge in [0.25, 0.3) is 0 Å². The van der Waals surface area contributed by atoms with Crippen molar-refractivity contribution in [2.45, 2.75) is 38.1 Å². The highest BCUT2D eigenvalue weighted by atomic mass is 19.1. The molecule has 0 spiro atoms. The predicted octanol–water partition coefficient (Wildman–Crippen LogP) is 1.81. The fraction of sp³-hybridized carbons (Fsp3) is 1.00. The zero-order valence-electron chi connectivity index (χ0n) is 9.55. The van der Waals surface area contributed by atoms with Gasteiger partial charge in [0, 0.05) is 12.6 Å². The van der Waals surface area contributed by atoms with Crippen LogP contribution in [0.15, 0.2) is 0 Å². The van der Waals surface area contributed by atoms with Gasteiger partial charge in [0.15, 0.2) is 0 Å². The summed E-state index contributed by atoms with van der Waals surface area (Å²) in [5.74, 6) is 0.981. The Morgan fingerprint density at radius 3 is 2.47 bits per heavy atom. The summed E-state index contributed by atoms with van der Waals surface area (Å²) < 4.78 is 12.0. The van der Waals surface area contributed by atoms with Crippen molar-refractivity contribution in [3.05, 3.63) is 0 Å². The van der Waals surface area contributed by atoms with Crippen LogP contribution in [0, 0.1) is 5.92 Å². The third-order valence-corrected chi connectivity index (χ3v) is 3.59. The Bertz CT molecular complexity index is 174. The highest BCUT2D eigenvalue weighted by molar-refractivity contribution is 4.81. The van der Waals surface area contributed by atoms with Crippen LogP contribution in [0.5, 0.6) is 0 Å². The number of hydrogen-bond acceptors (Lipinski definition) is 2. The van der Waals surface area contributed by atoms with E-state index in [2.05, 4.69) is 10.2 Å². The second-order valence-corrected chi connectivity index (χ2v) is 5.01. The van der Waals surface area contributed by atoms with Crippen molar-refractivity contribution in [1.29, 1.82) is 0 Å². The summed E-state index contributed by atoms with van der Waals surface area (Å²) in [6, 6.07) is 0.729. The Hall–Kier alpha value is -0.150. The summed E-state index contributed by atoms with van der Waals surface area (Å²) in [5, 5.41) is 3.66. The standard InChI is InChI=1S/C12H23FN2/c13-6-1-7-15-8-4-12(5-9-15)14-10-11-2-3-11/h11-12,14H,1-10H2. The molecule has 2 rings (SSSR count). The van der Waals surface area contributed by atoms with E-state index in [0.29, 0.717) is 6.42 Å². The van der Waals surface area contributed by atoms with Gasteiger partial charge in [0.2, 0.25) is 0 Å². The summed E-state index contributed by atoms with van der Waals surface area (Å²) in [5.41, 5.74) is 0. The maximum absolute atomic E-state index is 12.0. The first-order chi connectivity index (χ1) is 7.38. The molecule has 0 unspecified atom stereocenters. The molecule has 0 radical (unpaired) electrons. The molecule has 88 valence electrons. The number of nitrogens with one attached hydrogen (secondary N) is 1. The van der Waals surface area contributed by atoms with Gasteiger partial charge in [0.05, 0.1) is 6.67 Å². The van der Waals surface area contributed by atoms with E-state index in [1.807, 2.05) is 0 Å². The van der Waals surface area contributed by atoms with Crippen LogP contribution in [-0.2, 0) is 0 Å². The molecule has 15 heavy (non-hydrogen) atoms. The second kappa shape index (κ2) is 5.80. The Balaban J connectivity index is 1.54. The number of alkyl halides is 1. The molecule has 0 amide bonds. The Morgan fingerprint density at radius 2 is 1.87 bits per heavy atom. The van der Waals surface area contributed by atoms with Gasteiger partial charge in [-0.2, -0.15) is 0 Å². The van der Waals surface area contributed by atoms with E-state index in [-0.39, 0.29) is 6.67 Å². The Kier molecular flexibility index (Phi) is 4.39. The fourth-order valence-electron chi connectivity index (χ4n) is 2.30. The molecule has 3 heteroatoms. The molecule has 1 aliphatic carbocycles. The highest BCUT2D eigenvalue weighted by Gasteiger charge is 2.24. The Morgan fingerprint density at radius 1 is 1.13 bits per heavy atom. The van der Waals surface area contributed by atoms with E-state index in [0.717, 1.165) is 31.6 Å². The van der Waals surface area contributed by atoms with E-state index in [1.165, 1.54) is 32.2 Å². The van der Waals surface area contributed by atoms with Crippen LogP contribution < -0.4 is 5.32 Å². The molecular formula is C12H23FN2. The molecule has 1 saturated carbocycles. The molecule has 1 saturated heterocycles. The molecule has 1 N–H and O–H groups in total. The lowest BCUT2D eigenvalue weighted by Gasteiger charge is -2.32. The first-order valence-electron chi connectivity index (χ1n) is 6.40. The van der Waals surface area contributed by atoms with Crippen molar-refractivity contribution in [2.75, 3.05) is 32.9 Å².